The molecule has 2 aromatic rings. The van der Waals surface area contributed by atoms with Crippen LogP contribution in [0.1, 0.15) is 0 Å². The number of aryl methyl sites for hydroxylation is 1. The molecule has 0 unspecified atom stereocenters. The molecule has 0 bridgehead atoms. The third-order valence-electron chi connectivity index (χ3n) is 1.47. The number of hydrogen-bond donors (Lipinski definition) is 0. The summed E-state index contributed by atoms with van der Waals surface area (Å²) < 4.78 is 3.24. The summed E-state index contributed by atoms with van der Waals surface area (Å²) in [5.74, 6) is 0.602. The van der Waals surface area contributed by atoms with E-state index in [1.54, 1.807) is 23.2 Å². The van der Waals surface area contributed by atoms with Gasteiger partial charge in [-0.25, -0.2) is 0 Å². The van der Waals surface area contributed by atoms with E-state index in [9.17, 15) is 0 Å². The lowest BCUT2D eigenvalue weighted by atomic mass is 10.7. The molecule has 2 aromatic heterocycles. The third kappa shape index (κ3) is 0.984. The Kier molecular flexibility index (Phi) is 1.58. The van der Waals surface area contributed by atoms with Gasteiger partial charge < -0.3 is 4.57 Å². The van der Waals surface area contributed by atoms with Crippen LogP contribution in [-0.2, 0) is 7.05 Å². The minimum absolute atomic E-state index is 0.520. The molecule has 0 saturated carbocycles. The van der Waals surface area contributed by atoms with E-state index >= 15 is 0 Å². The zero-order valence-electron chi connectivity index (χ0n) is 6.35. The van der Waals surface area contributed by atoms with Crippen molar-refractivity contribution in [3.63, 3.8) is 0 Å². The number of nitrogens with zero attached hydrogens (tertiary/aromatic N) is 5. The van der Waals surface area contributed by atoms with Crippen LogP contribution in [0.5, 0.6) is 0 Å². The van der Waals surface area contributed by atoms with E-state index in [1.807, 2.05) is 7.05 Å². The smallest absolute Gasteiger partial charge is 0.252 e. The van der Waals surface area contributed by atoms with Crippen LogP contribution >= 0.6 is 11.6 Å². The van der Waals surface area contributed by atoms with Gasteiger partial charge in [0.1, 0.15) is 11.5 Å². The van der Waals surface area contributed by atoms with Crippen LogP contribution in [0.3, 0.4) is 0 Å². The van der Waals surface area contributed by atoms with Gasteiger partial charge in [-0.3, -0.25) is 0 Å². The highest BCUT2D eigenvalue weighted by Crippen LogP contribution is 2.10. The fourth-order valence-electron chi connectivity index (χ4n) is 0.903. The molecule has 0 fully saturated rings. The second-order valence-corrected chi connectivity index (χ2v) is 2.69. The van der Waals surface area contributed by atoms with Gasteiger partial charge in [-0.15, -0.1) is 10.2 Å². The maximum atomic E-state index is 5.82. The van der Waals surface area contributed by atoms with Crippen LogP contribution < -0.4 is 0 Å². The molecule has 12 heavy (non-hydrogen) atoms. The van der Waals surface area contributed by atoms with Crippen LogP contribution in [0, 0.1) is 0 Å². The Morgan fingerprint density at radius 3 is 2.83 bits per heavy atom. The van der Waals surface area contributed by atoms with Crippen molar-refractivity contribution in [2.24, 2.45) is 7.05 Å². The molecule has 5 nitrogen and oxygen atoms in total. The van der Waals surface area contributed by atoms with Gasteiger partial charge in [0.2, 0.25) is 0 Å². The number of aromatic nitrogens is 5. The summed E-state index contributed by atoms with van der Waals surface area (Å²) in [6.45, 7) is 0. The molecular formula is C6H6ClN5. The fraction of sp³-hybridized carbons (Fsp3) is 0.167. The lowest BCUT2D eigenvalue weighted by Gasteiger charge is -1.99. The highest BCUT2D eigenvalue weighted by atomic mass is 35.5. The quantitative estimate of drug-likeness (QED) is 0.653. The highest BCUT2D eigenvalue weighted by molar-refractivity contribution is 6.29. The first-order valence-corrected chi connectivity index (χ1v) is 3.71. The SMILES string of the molecule is Cn1cnnc1-n1nccc1Cl. The molecule has 0 atom stereocenters. The monoisotopic (exact) mass is 183 g/mol. The first-order valence-electron chi connectivity index (χ1n) is 3.33. The molecule has 6 heteroatoms. The predicted molar refractivity (Wildman–Crippen MR) is 43.1 cm³/mol. The Hall–Kier alpha value is -1.36. The van der Waals surface area contributed by atoms with Crippen molar-refractivity contribution in [2.45, 2.75) is 0 Å². The third-order valence-corrected chi connectivity index (χ3v) is 1.76. The number of rotatable bonds is 1. The van der Waals surface area contributed by atoms with E-state index in [2.05, 4.69) is 15.3 Å². The zero-order valence-corrected chi connectivity index (χ0v) is 7.10. The van der Waals surface area contributed by atoms with Crippen molar-refractivity contribution in [2.75, 3.05) is 0 Å². The van der Waals surface area contributed by atoms with Gasteiger partial charge in [0, 0.05) is 7.05 Å². The molecule has 0 amide bonds. The second-order valence-electron chi connectivity index (χ2n) is 2.31. The van der Waals surface area contributed by atoms with Crippen molar-refractivity contribution in [3.05, 3.63) is 23.7 Å². The Morgan fingerprint density at radius 2 is 2.33 bits per heavy atom. The Balaban J connectivity index is 2.57. The Morgan fingerprint density at radius 1 is 1.50 bits per heavy atom. The number of halogens is 1. The summed E-state index contributed by atoms with van der Waals surface area (Å²) in [5, 5.41) is 12.1. The van der Waals surface area contributed by atoms with Crippen LogP contribution in [0.15, 0.2) is 18.6 Å². The van der Waals surface area contributed by atoms with E-state index in [0.717, 1.165) is 0 Å². The van der Waals surface area contributed by atoms with E-state index in [4.69, 9.17) is 11.6 Å². The van der Waals surface area contributed by atoms with Crippen LogP contribution in [-0.4, -0.2) is 24.5 Å². The fourth-order valence-corrected chi connectivity index (χ4v) is 1.08. The van der Waals surface area contributed by atoms with E-state index in [-0.39, 0.29) is 0 Å². The summed E-state index contributed by atoms with van der Waals surface area (Å²) in [6, 6.07) is 1.69. The topological polar surface area (TPSA) is 48.5 Å². The van der Waals surface area contributed by atoms with Crippen molar-refractivity contribution < 1.29 is 0 Å². The summed E-state index contributed by atoms with van der Waals surface area (Å²) in [4.78, 5) is 0. The average Bonchev–Trinajstić information content (AvgIpc) is 2.59. The van der Waals surface area contributed by atoms with Crippen LogP contribution in [0.4, 0.5) is 0 Å². The molecule has 0 N–H and O–H groups in total. The minimum Gasteiger partial charge on any atom is -0.301 e. The lowest BCUT2D eigenvalue weighted by Crippen LogP contribution is -2.04. The van der Waals surface area contributed by atoms with Crippen molar-refractivity contribution >= 4 is 11.6 Å². The van der Waals surface area contributed by atoms with Crippen LogP contribution in [0.2, 0.25) is 5.15 Å². The van der Waals surface area contributed by atoms with Gasteiger partial charge in [-0.1, -0.05) is 11.6 Å². The van der Waals surface area contributed by atoms with Crippen LogP contribution in [0.25, 0.3) is 5.95 Å². The summed E-state index contributed by atoms with van der Waals surface area (Å²) in [7, 11) is 1.83. The molecular weight excluding hydrogens is 178 g/mol. The predicted octanol–water partition coefficient (Wildman–Crippen LogP) is 0.654. The minimum atomic E-state index is 0.520. The molecule has 0 saturated heterocycles. The maximum absolute atomic E-state index is 5.82. The first-order chi connectivity index (χ1) is 5.79. The molecule has 0 spiro atoms. The molecule has 0 aliphatic heterocycles. The normalized spacial score (nSPS) is 10.5. The van der Waals surface area contributed by atoms with Crippen molar-refractivity contribution in [1.29, 1.82) is 0 Å². The number of hydrogen-bond acceptors (Lipinski definition) is 3. The molecule has 2 rings (SSSR count). The Labute approximate surface area is 73.6 Å². The molecule has 0 aliphatic carbocycles. The van der Waals surface area contributed by atoms with Gasteiger partial charge in [0.15, 0.2) is 0 Å². The Bertz CT molecular complexity index is 352. The molecule has 0 aromatic carbocycles. The molecule has 0 aliphatic rings. The van der Waals surface area contributed by atoms with Gasteiger partial charge >= 0.3 is 0 Å². The van der Waals surface area contributed by atoms with Crippen molar-refractivity contribution in [1.82, 2.24) is 24.5 Å². The average molecular weight is 184 g/mol. The molecule has 62 valence electrons. The summed E-state index contributed by atoms with van der Waals surface area (Å²) in [6.07, 6.45) is 3.20. The summed E-state index contributed by atoms with van der Waals surface area (Å²) >= 11 is 5.82. The second kappa shape index (κ2) is 2.60. The van der Waals surface area contributed by atoms with Gasteiger partial charge in [0.25, 0.3) is 5.95 Å². The molecule has 2 heterocycles. The van der Waals surface area contributed by atoms with E-state index in [0.29, 0.717) is 11.1 Å². The zero-order chi connectivity index (χ0) is 8.55. The maximum Gasteiger partial charge on any atom is 0.252 e. The first kappa shape index (κ1) is 7.30. The van der Waals surface area contributed by atoms with Gasteiger partial charge in [0.05, 0.1) is 6.20 Å². The van der Waals surface area contributed by atoms with E-state index in [1.165, 1.54) is 4.68 Å². The lowest BCUT2D eigenvalue weighted by molar-refractivity contribution is 0.749. The summed E-state index contributed by atoms with van der Waals surface area (Å²) in [5.41, 5.74) is 0. The van der Waals surface area contributed by atoms with Gasteiger partial charge in [-0.2, -0.15) is 9.78 Å². The largest absolute Gasteiger partial charge is 0.301 e. The standard InChI is InChI=1S/C6H6ClN5/c1-11-4-8-10-6(11)12-5(7)2-3-9-12/h2-4H,1H3. The highest BCUT2D eigenvalue weighted by Gasteiger charge is 2.06. The van der Waals surface area contributed by atoms with E-state index < -0.39 is 0 Å². The van der Waals surface area contributed by atoms with Gasteiger partial charge in [-0.05, 0) is 6.07 Å². The molecule has 0 radical (unpaired) electrons. The van der Waals surface area contributed by atoms with Crippen molar-refractivity contribution in [3.8, 4) is 5.95 Å².